The molecule has 0 radical (unpaired) electrons. The first kappa shape index (κ1) is 14.0. The van der Waals surface area contributed by atoms with Crippen molar-refractivity contribution in [2.45, 2.75) is 12.7 Å². The standard InChI is InChI=1S/C13H10F3NO3/c14-13(15,16)8-3-4-11(10(6-8)12(18)19)17-7-9-2-1-5-20-9/h1-6,17H,7H2,(H,18,19). The van der Waals surface area contributed by atoms with Crippen molar-refractivity contribution in [1.29, 1.82) is 0 Å². The van der Waals surface area contributed by atoms with Crippen LogP contribution in [0.2, 0.25) is 0 Å². The molecule has 0 fully saturated rings. The van der Waals surface area contributed by atoms with Crippen LogP contribution in [0.1, 0.15) is 21.7 Å². The fourth-order valence-electron chi connectivity index (χ4n) is 1.65. The Bertz CT molecular complexity index is 606. The highest BCUT2D eigenvalue weighted by Crippen LogP contribution is 2.32. The first-order chi connectivity index (χ1) is 9.38. The smallest absolute Gasteiger partial charge is 0.416 e. The highest BCUT2D eigenvalue weighted by Gasteiger charge is 2.31. The van der Waals surface area contributed by atoms with E-state index in [9.17, 15) is 18.0 Å². The molecule has 0 atom stereocenters. The third-order valence-corrected chi connectivity index (χ3v) is 2.61. The Balaban J connectivity index is 2.26. The molecule has 0 bridgehead atoms. The number of anilines is 1. The van der Waals surface area contributed by atoms with E-state index in [-0.39, 0.29) is 12.2 Å². The number of carboxylic acid groups (broad SMARTS) is 1. The molecular weight excluding hydrogens is 275 g/mol. The molecule has 0 aliphatic rings. The van der Waals surface area contributed by atoms with E-state index in [0.717, 1.165) is 12.1 Å². The zero-order valence-electron chi connectivity index (χ0n) is 10.1. The molecule has 106 valence electrons. The number of aromatic carboxylic acids is 1. The Kier molecular flexibility index (Phi) is 3.69. The molecular formula is C13H10F3NO3. The number of rotatable bonds is 4. The van der Waals surface area contributed by atoms with Crippen molar-refractivity contribution < 1.29 is 27.5 Å². The van der Waals surface area contributed by atoms with Crippen LogP contribution in [-0.4, -0.2) is 11.1 Å². The van der Waals surface area contributed by atoms with Gasteiger partial charge in [0.1, 0.15) is 5.76 Å². The van der Waals surface area contributed by atoms with Gasteiger partial charge in [0.15, 0.2) is 0 Å². The summed E-state index contributed by atoms with van der Waals surface area (Å²) in [6, 6.07) is 5.85. The molecule has 0 unspecified atom stereocenters. The summed E-state index contributed by atoms with van der Waals surface area (Å²) in [6.07, 6.45) is -3.13. The highest BCUT2D eigenvalue weighted by atomic mass is 19.4. The lowest BCUT2D eigenvalue weighted by Crippen LogP contribution is -2.10. The van der Waals surface area contributed by atoms with Gasteiger partial charge in [0.05, 0.1) is 23.9 Å². The summed E-state index contributed by atoms with van der Waals surface area (Å²) in [6.45, 7) is 0.179. The number of hydrogen-bond acceptors (Lipinski definition) is 3. The topological polar surface area (TPSA) is 62.5 Å². The first-order valence-corrected chi connectivity index (χ1v) is 5.58. The van der Waals surface area contributed by atoms with Gasteiger partial charge in [0, 0.05) is 5.69 Å². The zero-order chi connectivity index (χ0) is 14.8. The molecule has 0 saturated carbocycles. The van der Waals surface area contributed by atoms with Crippen molar-refractivity contribution in [1.82, 2.24) is 0 Å². The number of furan rings is 1. The van der Waals surface area contributed by atoms with Gasteiger partial charge in [-0.2, -0.15) is 13.2 Å². The summed E-state index contributed by atoms with van der Waals surface area (Å²) < 4.78 is 42.7. The van der Waals surface area contributed by atoms with Gasteiger partial charge in [-0.3, -0.25) is 0 Å². The number of alkyl halides is 3. The van der Waals surface area contributed by atoms with Gasteiger partial charge in [-0.15, -0.1) is 0 Å². The number of carbonyl (C=O) groups is 1. The maximum atomic E-state index is 12.5. The minimum atomic E-state index is -4.58. The second kappa shape index (κ2) is 5.28. The summed E-state index contributed by atoms with van der Waals surface area (Å²) >= 11 is 0. The summed E-state index contributed by atoms with van der Waals surface area (Å²) in [5.74, 6) is -0.890. The molecule has 2 aromatic rings. The van der Waals surface area contributed by atoms with Gasteiger partial charge in [0.2, 0.25) is 0 Å². The zero-order valence-corrected chi connectivity index (χ0v) is 10.1. The number of carboxylic acids is 1. The molecule has 0 aliphatic heterocycles. The van der Waals surface area contributed by atoms with Crippen molar-refractivity contribution in [2.24, 2.45) is 0 Å². The Labute approximate surface area is 111 Å². The van der Waals surface area contributed by atoms with E-state index < -0.39 is 23.3 Å². The Morgan fingerprint density at radius 1 is 1.30 bits per heavy atom. The predicted octanol–water partition coefficient (Wildman–Crippen LogP) is 3.61. The van der Waals surface area contributed by atoms with Crippen LogP contribution in [-0.2, 0) is 12.7 Å². The number of halogens is 3. The molecule has 1 aromatic heterocycles. The fraction of sp³-hybridized carbons (Fsp3) is 0.154. The Morgan fingerprint density at radius 3 is 2.60 bits per heavy atom. The third-order valence-electron chi connectivity index (χ3n) is 2.61. The van der Waals surface area contributed by atoms with Gasteiger partial charge in [0.25, 0.3) is 0 Å². The molecule has 2 N–H and O–H groups in total. The summed E-state index contributed by atoms with van der Waals surface area (Å²) in [7, 11) is 0. The third kappa shape index (κ3) is 3.11. The average molecular weight is 285 g/mol. The molecule has 20 heavy (non-hydrogen) atoms. The highest BCUT2D eigenvalue weighted by molar-refractivity contribution is 5.94. The van der Waals surface area contributed by atoms with Crippen LogP contribution >= 0.6 is 0 Å². The SMILES string of the molecule is O=C(O)c1cc(C(F)(F)F)ccc1NCc1ccco1. The van der Waals surface area contributed by atoms with Gasteiger partial charge < -0.3 is 14.8 Å². The summed E-state index contributed by atoms with van der Waals surface area (Å²) in [5.41, 5.74) is -1.34. The maximum absolute atomic E-state index is 12.5. The number of benzene rings is 1. The van der Waals surface area contributed by atoms with Crippen molar-refractivity contribution in [3.63, 3.8) is 0 Å². The normalized spacial score (nSPS) is 11.3. The molecule has 7 heteroatoms. The molecule has 0 amide bonds. The molecule has 0 aliphatic carbocycles. The Hall–Kier alpha value is -2.44. The van der Waals surface area contributed by atoms with E-state index >= 15 is 0 Å². The van der Waals surface area contributed by atoms with Crippen molar-refractivity contribution >= 4 is 11.7 Å². The van der Waals surface area contributed by atoms with E-state index in [1.807, 2.05) is 0 Å². The summed E-state index contributed by atoms with van der Waals surface area (Å²) in [4.78, 5) is 11.0. The molecule has 1 heterocycles. The second-order valence-corrected chi connectivity index (χ2v) is 4.00. The van der Waals surface area contributed by atoms with Crippen LogP contribution in [0.25, 0.3) is 0 Å². The van der Waals surface area contributed by atoms with Gasteiger partial charge >= 0.3 is 12.1 Å². The van der Waals surface area contributed by atoms with Crippen LogP contribution in [0, 0.1) is 0 Å². The lowest BCUT2D eigenvalue weighted by atomic mass is 10.1. The van der Waals surface area contributed by atoms with Crippen LogP contribution in [0.3, 0.4) is 0 Å². The van der Waals surface area contributed by atoms with E-state index in [1.54, 1.807) is 12.1 Å². The van der Waals surface area contributed by atoms with Gasteiger partial charge in [-0.1, -0.05) is 0 Å². The van der Waals surface area contributed by atoms with Crippen LogP contribution in [0.5, 0.6) is 0 Å². The van der Waals surface area contributed by atoms with Crippen LogP contribution in [0.4, 0.5) is 18.9 Å². The quantitative estimate of drug-likeness (QED) is 0.900. The van der Waals surface area contributed by atoms with E-state index in [1.165, 1.54) is 6.26 Å². The van der Waals surface area contributed by atoms with Crippen molar-refractivity contribution in [2.75, 3.05) is 5.32 Å². The van der Waals surface area contributed by atoms with Gasteiger partial charge in [-0.25, -0.2) is 4.79 Å². The molecule has 1 aromatic carbocycles. The largest absolute Gasteiger partial charge is 0.478 e. The summed E-state index contributed by atoms with van der Waals surface area (Å²) in [5, 5.41) is 11.7. The van der Waals surface area contributed by atoms with Crippen molar-refractivity contribution in [3.05, 3.63) is 53.5 Å². The maximum Gasteiger partial charge on any atom is 0.416 e. The predicted molar refractivity (Wildman–Crippen MR) is 64.4 cm³/mol. The minimum Gasteiger partial charge on any atom is -0.478 e. The van der Waals surface area contributed by atoms with Crippen LogP contribution in [0.15, 0.2) is 41.0 Å². The van der Waals surface area contributed by atoms with E-state index in [0.29, 0.717) is 11.8 Å². The molecule has 4 nitrogen and oxygen atoms in total. The molecule has 0 spiro atoms. The fourth-order valence-corrected chi connectivity index (χ4v) is 1.65. The first-order valence-electron chi connectivity index (χ1n) is 5.58. The van der Waals surface area contributed by atoms with Crippen molar-refractivity contribution in [3.8, 4) is 0 Å². The number of hydrogen-bond donors (Lipinski definition) is 2. The second-order valence-electron chi connectivity index (χ2n) is 4.00. The van der Waals surface area contributed by atoms with E-state index in [4.69, 9.17) is 9.52 Å². The van der Waals surface area contributed by atoms with Crippen LogP contribution < -0.4 is 5.32 Å². The molecule has 0 saturated heterocycles. The average Bonchev–Trinajstić information content (AvgIpc) is 2.88. The molecule has 2 rings (SSSR count). The van der Waals surface area contributed by atoms with E-state index in [2.05, 4.69) is 5.32 Å². The lowest BCUT2D eigenvalue weighted by molar-refractivity contribution is -0.137. The minimum absolute atomic E-state index is 0.0990. The Morgan fingerprint density at radius 2 is 2.05 bits per heavy atom. The number of nitrogens with one attached hydrogen (secondary N) is 1. The lowest BCUT2D eigenvalue weighted by Gasteiger charge is -2.12. The monoisotopic (exact) mass is 285 g/mol. The van der Waals surface area contributed by atoms with Gasteiger partial charge in [-0.05, 0) is 30.3 Å².